The lowest BCUT2D eigenvalue weighted by atomic mass is 10.2. The van der Waals surface area contributed by atoms with Crippen LogP contribution >= 0.6 is 0 Å². The normalized spacial score (nSPS) is 11.0. The van der Waals surface area contributed by atoms with E-state index in [1.165, 1.54) is 0 Å². The molecule has 0 spiro atoms. The van der Waals surface area contributed by atoms with Crippen LogP contribution < -0.4 is 0 Å². The molecule has 0 amide bonds. The van der Waals surface area contributed by atoms with Crippen LogP contribution in [0.15, 0.2) is 60.9 Å². The van der Waals surface area contributed by atoms with Crippen molar-refractivity contribution < 1.29 is 10.2 Å². The monoisotopic (exact) mass is 348 g/mol. The third-order valence-electron chi connectivity index (χ3n) is 3.81. The van der Waals surface area contributed by atoms with Gasteiger partial charge in [0, 0.05) is 12.4 Å². The van der Waals surface area contributed by atoms with Crippen molar-refractivity contribution >= 4 is 0 Å². The molecule has 0 saturated carbocycles. The molecule has 0 unspecified atom stereocenters. The first-order valence-corrected chi connectivity index (χ1v) is 8.03. The second-order valence-electron chi connectivity index (χ2n) is 5.58. The first-order valence-electron chi connectivity index (χ1n) is 8.03. The van der Waals surface area contributed by atoms with Crippen molar-refractivity contribution in [3.05, 3.63) is 72.3 Å². The molecule has 4 aromatic heterocycles. The van der Waals surface area contributed by atoms with Crippen molar-refractivity contribution in [2.45, 2.75) is 13.2 Å². The SMILES string of the molecule is OCc1ccn(-c2cccc(-c3cccc(-n4ccc(CO)n4)n3)n2)n1. The Kier molecular flexibility index (Phi) is 4.26. The van der Waals surface area contributed by atoms with Gasteiger partial charge in [-0.1, -0.05) is 12.1 Å². The van der Waals surface area contributed by atoms with Gasteiger partial charge in [0.25, 0.3) is 0 Å². The molecule has 0 aromatic carbocycles. The van der Waals surface area contributed by atoms with Crippen molar-refractivity contribution in [3.8, 4) is 23.0 Å². The number of aromatic nitrogens is 6. The highest BCUT2D eigenvalue weighted by molar-refractivity contribution is 5.56. The van der Waals surface area contributed by atoms with Gasteiger partial charge in [0.1, 0.15) is 0 Å². The van der Waals surface area contributed by atoms with Crippen LogP contribution in [0.5, 0.6) is 0 Å². The van der Waals surface area contributed by atoms with E-state index >= 15 is 0 Å². The van der Waals surface area contributed by atoms with Gasteiger partial charge in [-0.3, -0.25) is 0 Å². The van der Waals surface area contributed by atoms with Gasteiger partial charge in [-0.25, -0.2) is 19.3 Å². The van der Waals surface area contributed by atoms with E-state index in [0.717, 1.165) is 0 Å². The summed E-state index contributed by atoms with van der Waals surface area (Å²) < 4.78 is 3.22. The molecule has 0 aliphatic carbocycles. The summed E-state index contributed by atoms with van der Waals surface area (Å²) in [5, 5.41) is 26.8. The Balaban J connectivity index is 1.69. The number of hydrogen-bond donors (Lipinski definition) is 2. The van der Waals surface area contributed by atoms with E-state index in [1.807, 2.05) is 36.4 Å². The number of pyridine rings is 2. The molecule has 0 fully saturated rings. The van der Waals surface area contributed by atoms with Crippen molar-refractivity contribution in [2.24, 2.45) is 0 Å². The average Bonchev–Trinajstić information content (AvgIpc) is 3.37. The predicted octanol–water partition coefficient (Wildman–Crippen LogP) is 1.50. The van der Waals surface area contributed by atoms with Crippen LogP contribution in [0.1, 0.15) is 11.4 Å². The summed E-state index contributed by atoms with van der Waals surface area (Å²) in [6, 6.07) is 14.6. The third kappa shape index (κ3) is 3.10. The Morgan fingerprint density at radius 1 is 0.654 bits per heavy atom. The summed E-state index contributed by atoms with van der Waals surface area (Å²) in [5.41, 5.74) is 2.55. The minimum atomic E-state index is -0.115. The summed E-state index contributed by atoms with van der Waals surface area (Å²) in [6.07, 6.45) is 3.50. The maximum Gasteiger partial charge on any atom is 0.154 e. The molecular weight excluding hydrogens is 332 g/mol. The number of rotatable bonds is 5. The van der Waals surface area contributed by atoms with Crippen molar-refractivity contribution in [1.29, 1.82) is 0 Å². The standard InChI is InChI=1S/C18H16N6O2/c25-11-13-7-9-23(21-13)17-5-1-3-15(19-17)16-4-2-6-18(20-16)24-10-8-14(12-26)22-24/h1-10,25-26H,11-12H2. The van der Waals surface area contributed by atoms with Crippen molar-refractivity contribution in [3.63, 3.8) is 0 Å². The van der Waals surface area contributed by atoms with Crippen LogP contribution in [0.3, 0.4) is 0 Å². The minimum Gasteiger partial charge on any atom is -0.390 e. The van der Waals surface area contributed by atoms with E-state index in [9.17, 15) is 0 Å². The van der Waals surface area contributed by atoms with E-state index < -0.39 is 0 Å². The minimum absolute atomic E-state index is 0.115. The Morgan fingerprint density at radius 2 is 1.12 bits per heavy atom. The van der Waals surface area contributed by atoms with E-state index in [0.29, 0.717) is 34.4 Å². The van der Waals surface area contributed by atoms with E-state index in [2.05, 4.69) is 20.2 Å². The first-order chi connectivity index (χ1) is 12.8. The van der Waals surface area contributed by atoms with Crippen LogP contribution in [0, 0.1) is 0 Å². The molecule has 8 heteroatoms. The van der Waals surface area contributed by atoms with Gasteiger partial charge < -0.3 is 10.2 Å². The van der Waals surface area contributed by atoms with E-state index in [-0.39, 0.29) is 13.2 Å². The summed E-state index contributed by atoms with van der Waals surface area (Å²) in [6.45, 7) is -0.230. The molecule has 0 saturated heterocycles. The van der Waals surface area contributed by atoms with Crippen LogP contribution in [0.25, 0.3) is 23.0 Å². The van der Waals surface area contributed by atoms with Crippen LogP contribution in [0.2, 0.25) is 0 Å². The topological polar surface area (TPSA) is 102 Å². The quantitative estimate of drug-likeness (QED) is 0.567. The van der Waals surface area contributed by atoms with Crippen LogP contribution in [-0.4, -0.2) is 39.7 Å². The summed E-state index contributed by atoms with van der Waals surface area (Å²) in [7, 11) is 0. The van der Waals surface area contributed by atoms with Crippen LogP contribution in [-0.2, 0) is 13.2 Å². The largest absolute Gasteiger partial charge is 0.390 e. The molecule has 2 N–H and O–H groups in total. The fraction of sp³-hybridized carbons (Fsp3) is 0.111. The second-order valence-corrected chi connectivity index (χ2v) is 5.58. The number of hydrogen-bond acceptors (Lipinski definition) is 6. The molecule has 0 radical (unpaired) electrons. The molecule has 0 atom stereocenters. The van der Waals surface area contributed by atoms with Gasteiger partial charge in [0.15, 0.2) is 11.6 Å². The van der Waals surface area contributed by atoms with Gasteiger partial charge in [0.05, 0.1) is 36.0 Å². The first kappa shape index (κ1) is 16.1. The smallest absolute Gasteiger partial charge is 0.154 e. The lowest BCUT2D eigenvalue weighted by Crippen LogP contribution is -2.02. The fourth-order valence-electron chi connectivity index (χ4n) is 2.53. The molecule has 0 aliphatic heterocycles. The van der Waals surface area contributed by atoms with Crippen molar-refractivity contribution in [2.75, 3.05) is 0 Å². The predicted molar refractivity (Wildman–Crippen MR) is 93.6 cm³/mol. The molecule has 8 nitrogen and oxygen atoms in total. The zero-order chi connectivity index (χ0) is 17.9. The van der Waals surface area contributed by atoms with Gasteiger partial charge in [0.2, 0.25) is 0 Å². The molecule has 4 rings (SSSR count). The maximum absolute atomic E-state index is 9.16. The number of nitrogens with zero attached hydrogens (tertiary/aromatic N) is 6. The maximum atomic E-state index is 9.16. The Morgan fingerprint density at radius 3 is 1.50 bits per heavy atom. The Hall–Kier alpha value is -3.36. The molecule has 0 aliphatic rings. The lowest BCUT2D eigenvalue weighted by Gasteiger charge is -2.06. The molecule has 0 bridgehead atoms. The summed E-state index contributed by atoms with van der Waals surface area (Å²) in [5.74, 6) is 1.27. The zero-order valence-electron chi connectivity index (χ0n) is 13.8. The lowest BCUT2D eigenvalue weighted by molar-refractivity contribution is 0.276. The average molecular weight is 348 g/mol. The van der Waals surface area contributed by atoms with E-state index in [4.69, 9.17) is 10.2 Å². The van der Waals surface area contributed by atoms with Crippen LogP contribution in [0.4, 0.5) is 0 Å². The second kappa shape index (κ2) is 6.87. The Labute approximate surface area is 149 Å². The Bertz CT molecular complexity index is 956. The van der Waals surface area contributed by atoms with Gasteiger partial charge >= 0.3 is 0 Å². The summed E-state index contributed by atoms with van der Waals surface area (Å²) >= 11 is 0. The molecule has 4 heterocycles. The number of aliphatic hydroxyl groups is 2. The highest BCUT2D eigenvalue weighted by Gasteiger charge is 2.08. The van der Waals surface area contributed by atoms with Gasteiger partial charge in [-0.2, -0.15) is 10.2 Å². The third-order valence-corrected chi connectivity index (χ3v) is 3.81. The highest BCUT2D eigenvalue weighted by Crippen LogP contribution is 2.18. The van der Waals surface area contributed by atoms with Gasteiger partial charge in [-0.15, -0.1) is 0 Å². The molecular formula is C18H16N6O2. The fourth-order valence-corrected chi connectivity index (χ4v) is 2.53. The molecule has 26 heavy (non-hydrogen) atoms. The summed E-state index contributed by atoms with van der Waals surface area (Å²) in [4.78, 5) is 9.21. The van der Waals surface area contributed by atoms with Crippen molar-refractivity contribution in [1.82, 2.24) is 29.5 Å². The van der Waals surface area contributed by atoms with Gasteiger partial charge in [-0.05, 0) is 36.4 Å². The number of aliphatic hydroxyl groups excluding tert-OH is 2. The highest BCUT2D eigenvalue weighted by atomic mass is 16.3. The molecule has 4 aromatic rings. The zero-order valence-corrected chi connectivity index (χ0v) is 13.8. The molecule has 130 valence electrons. The van der Waals surface area contributed by atoms with E-state index in [1.54, 1.807) is 33.9 Å².